The second-order valence-corrected chi connectivity index (χ2v) is 4.29. The molecule has 6 heteroatoms. The first-order valence-electron chi connectivity index (χ1n) is 3.96. The number of hydrogen-bond acceptors (Lipinski definition) is 3. The third kappa shape index (κ3) is 3.10. The highest BCUT2D eigenvalue weighted by Gasteiger charge is 2.09. The molecule has 1 rings (SSSR count). The van der Waals surface area contributed by atoms with E-state index in [1.807, 2.05) is 0 Å². The van der Waals surface area contributed by atoms with E-state index in [-0.39, 0.29) is 0 Å². The fourth-order valence-corrected chi connectivity index (χ4v) is 2.20. The first kappa shape index (κ1) is 12.3. The molecule has 0 aliphatic rings. The molecule has 0 aromatic heterocycles. The third-order valence-corrected chi connectivity index (χ3v) is 2.94. The van der Waals surface area contributed by atoms with E-state index in [9.17, 15) is 4.79 Å². The minimum absolute atomic E-state index is 0.528. The maximum atomic E-state index is 11.0. The van der Waals surface area contributed by atoms with Crippen LogP contribution in [0.15, 0.2) is 21.1 Å². The summed E-state index contributed by atoms with van der Waals surface area (Å²) in [5.74, 6) is 0.629. The molecule has 0 saturated heterocycles. The lowest BCUT2D eigenvalue weighted by Gasteiger charge is -2.09. The average Bonchev–Trinajstić information content (AvgIpc) is 2.21. The molecular weight excluding hydrogens is 330 g/mol. The monoisotopic (exact) mass is 337 g/mol. The molecule has 1 amide bonds. The Labute approximate surface area is 104 Å². The maximum Gasteiger partial charge on any atom is 0.411 e. The number of carbonyl (C=O) groups excluding carboxylic acids is 1. The van der Waals surface area contributed by atoms with Crippen molar-refractivity contribution in [1.29, 1.82) is 0 Å². The van der Waals surface area contributed by atoms with Crippen molar-refractivity contribution in [2.24, 2.45) is 0 Å². The number of amides is 1. The van der Waals surface area contributed by atoms with Crippen LogP contribution in [0.1, 0.15) is 0 Å². The second kappa shape index (κ2) is 5.37. The van der Waals surface area contributed by atoms with Gasteiger partial charge in [0.15, 0.2) is 0 Å². The lowest BCUT2D eigenvalue weighted by molar-refractivity contribution is 0.187. The van der Waals surface area contributed by atoms with Gasteiger partial charge in [-0.2, -0.15) is 0 Å². The fraction of sp³-hybridized carbons (Fsp3) is 0.222. The lowest BCUT2D eigenvalue weighted by atomic mass is 10.3. The molecule has 0 aliphatic carbocycles. The van der Waals surface area contributed by atoms with Crippen LogP contribution < -0.4 is 10.1 Å². The summed E-state index contributed by atoms with van der Waals surface area (Å²) in [6, 6.07) is 3.47. The minimum Gasteiger partial charge on any atom is -0.495 e. The van der Waals surface area contributed by atoms with Gasteiger partial charge in [0.05, 0.1) is 24.4 Å². The molecule has 0 atom stereocenters. The van der Waals surface area contributed by atoms with E-state index in [2.05, 4.69) is 41.9 Å². The molecular formula is C9H9Br2NO3. The Bertz CT molecular complexity index is 382. The van der Waals surface area contributed by atoms with Crippen LogP contribution in [0.2, 0.25) is 0 Å². The van der Waals surface area contributed by atoms with Crippen molar-refractivity contribution >= 4 is 43.6 Å². The molecule has 82 valence electrons. The van der Waals surface area contributed by atoms with Crippen molar-refractivity contribution in [2.45, 2.75) is 0 Å². The van der Waals surface area contributed by atoms with E-state index in [1.54, 1.807) is 19.2 Å². The van der Waals surface area contributed by atoms with Crippen LogP contribution in [0.5, 0.6) is 5.75 Å². The largest absolute Gasteiger partial charge is 0.495 e. The van der Waals surface area contributed by atoms with Crippen LogP contribution in [-0.4, -0.2) is 20.3 Å². The predicted molar refractivity (Wildman–Crippen MR) is 64.4 cm³/mol. The zero-order chi connectivity index (χ0) is 11.4. The topological polar surface area (TPSA) is 47.6 Å². The lowest BCUT2D eigenvalue weighted by Crippen LogP contribution is -2.11. The molecule has 4 nitrogen and oxygen atoms in total. The Balaban J connectivity index is 3.02. The summed E-state index contributed by atoms with van der Waals surface area (Å²) in [5, 5.41) is 2.55. The van der Waals surface area contributed by atoms with Gasteiger partial charge in [0.1, 0.15) is 5.75 Å². The number of carbonyl (C=O) groups is 1. The summed E-state index contributed by atoms with van der Waals surface area (Å²) in [6.07, 6.45) is -0.528. The molecule has 1 aromatic carbocycles. The van der Waals surface area contributed by atoms with Gasteiger partial charge in [-0.25, -0.2) is 4.79 Å². The zero-order valence-corrected chi connectivity index (χ0v) is 11.3. The summed E-state index contributed by atoms with van der Waals surface area (Å²) >= 11 is 6.64. The molecule has 0 saturated carbocycles. The van der Waals surface area contributed by atoms with Crippen molar-refractivity contribution in [3.8, 4) is 5.75 Å². The normalized spacial score (nSPS) is 9.60. The zero-order valence-electron chi connectivity index (χ0n) is 8.14. The van der Waals surface area contributed by atoms with E-state index in [0.29, 0.717) is 11.4 Å². The summed E-state index contributed by atoms with van der Waals surface area (Å²) in [5.41, 5.74) is 0.585. The summed E-state index contributed by atoms with van der Waals surface area (Å²) in [7, 11) is 2.86. The molecule has 0 fully saturated rings. The molecule has 0 heterocycles. The van der Waals surface area contributed by atoms with Crippen molar-refractivity contribution in [3.05, 3.63) is 21.1 Å². The second-order valence-electron chi connectivity index (χ2n) is 2.58. The SMILES string of the molecule is COC(=O)Nc1cc(OC)c(Br)cc1Br. The Hall–Kier alpha value is -0.750. The fourth-order valence-electron chi connectivity index (χ4n) is 0.942. The molecule has 0 bridgehead atoms. The highest BCUT2D eigenvalue weighted by Crippen LogP contribution is 2.34. The number of nitrogens with one attached hydrogen (secondary N) is 1. The van der Waals surface area contributed by atoms with E-state index in [1.165, 1.54) is 7.11 Å². The van der Waals surface area contributed by atoms with Gasteiger partial charge in [0.25, 0.3) is 0 Å². The number of hydrogen-bond donors (Lipinski definition) is 1. The molecule has 1 aromatic rings. The van der Waals surface area contributed by atoms with Gasteiger partial charge < -0.3 is 9.47 Å². The van der Waals surface area contributed by atoms with Crippen molar-refractivity contribution in [1.82, 2.24) is 0 Å². The Kier molecular flexibility index (Phi) is 4.41. The van der Waals surface area contributed by atoms with Gasteiger partial charge in [-0.05, 0) is 37.9 Å². The van der Waals surface area contributed by atoms with Crippen LogP contribution in [0.4, 0.5) is 10.5 Å². The molecule has 0 spiro atoms. The smallest absolute Gasteiger partial charge is 0.411 e. The van der Waals surface area contributed by atoms with Crippen molar-refractivity contribution < 1.29 is 14.3 Å². The van der Waals surface area contributed by atoms with Gasteiger partial charge >= 0.3 is 6.09 Å². The molecule has 0 radical (unpaired) electrons. The Morgan fingerprint density at radius 2 is 1.93 bits per heavy atom. The number of methoxy groups -OCH3 is 2. The van der Waals surface area contributed by atoms with Gasteiger partial charge in [-0.3, -0.25) is 5.32 Å². The Morgan fingerprint density at radius 1 is 1.27 bits per heavy atom. The van der Waals surface area contributed by atoms with Gasteiger partial charge in [-0.15, -0.1) is 0 Å². The Morgan fingerprint density at radius 3 is 2.47 bits per heavy atom. The number of anilines is 1. The quantitative estimate of drug-likeness (QED) is 0.899. The highest BCUT2D eigenvalue weighted by molar-refractivity contribution is 9.11. The van der Waals surface area contributed by atoms with Crippen molar-refractivity contribution in [3.63, 3.8) is 0 Å². The standard InChI is InChI=1S/C9H9Br2NO3/c1-14-8-4-7(12-9(13)15-2)5(10)3-6(8)11/h3-4H,1-2H3,(H,12,13). The number of rotatable bonds is 2. The van der Waals surface area contributed by atoms with E-state index in [0.717, 1.165) is 8.95 Å². The van der Waals surface area contributed by atoms with Crippen molar-refractivity contribution in [2.75, 3.05) is 19.5 Å². The molecule has 0 aliphatic heterocycles. The van der Waals surface area contributed by atoms with Crippen LogP contribution in [-0.2, 0) is 4.74 Å². The molecule has 15 heavy (non-hydrogen) atoms. The highest BCUT2D eigenvalue weighted by atomic mass is 79.9. The van der Waals surface area contributed by atoms with Crippen LogP contribution >= 0.6 is 31.9 Å². The number of halogens is 2. The predicted octanol–water partition coefficient (Wildman–Crippen LogP) is 3.40. The first-order valence-corrected chi connectivity index (χ1v) is 5.55. The molecule has 0 unspecified atom stereocenters. The van der Waals surface area contributed by atoms with E-state index in [4.69, 9.17) is 4.74 Å². The van der Waals surface area contributed by atoms with Crippen LogP contribution in [0.3, 0.4) is 0 Å². The molecule has 1 N–H and O–H groups in total. The van der Waals surface area contributed by atoms with Gasteiger partial charge in [0.2, 0.25) is 0 Å². The van der Waals surface area contributed by atoms with E-state index >= 15 is 0 Å². The summed E-state index contributed by atoms with van der Waals surface area (Å²) < 4.78 is 11.1. The average molecular weight is 339 g/mol. The number of ether oxygens (including phenoxy) is 2. The number of benzene rings is 1. The van der Waals surface area contributed by atoms with E-state index < -0.39 is 6.09 Å². The maximum absolute atomic E-state index is 11.0. The van der Waals surface area contributed by atoms with Crippen LogP contribution in [0, 0.1) is 0 Å². The first-order chi connectivity index (χ1) is 7.08. The minimum atomic E-state index is -0.528. The summed E-state index contributed by atoms with van der Waals surface area (Å²) in [6.45, 7) is 0. The van der Waals surface area contributed by atoms with Gasteiger partial charge in [-0.1, -0.05) is 0 Å². The summed E-state index contributed by atoms with van der Waals surface area (Å²) in [4.78, 5) is 11.0. The van der Waals surface area contributed by atoms with Crippen LogP contribution in [0.25, 0.3) is 0 Å². The van der Waals surface area contributed by atoms with Gasteiger partial charge in [0, 0.05) is 10.5 Å². The third-order valence-electron chi connectivity index (χ3n) is 1.66.